The fourth-order valence-corrected chi connectivity index (χ4v) is 3.37. The number of hydrogen-bond acceptors (Lipinski definition) is 4. The zero-order chi connectivity index (χ0) is 20.4. The van der Waals surface area contributed by atoms with Crippen LogP contribution in [-0.2, 0) is 6.61 Å². The maximum Gasteiger partial charge on any atom is 0.193 e. The number of halogens is 1. The van der Waals surface area contributed by atoms with Crippen LogP contribution in [0.4, 0.5) is 4.39 Å². The van der Waals surface area contributed by atoms with E-state index in [0.717, 1.165) is 22.2 Å². The highest BCUT2D eigenvalue weighted by Gasteiger charge is 2.18. The van der Waals surface area contributed by atoms with Gasteiger partial charge in [0.25, 0.3) is 0 Å². The molecular formula is C24H19FN2O2. The van der Waals surface area contributed by atoms with Crippen LogP contribution in [0.5, 0.6) is 5.75 Å². The molecule has 0 atom stereocenters. The smallest absolute Gasteiger partial charge is 0.193 e. The molecule has 0 radical (unpaired) electrons. The first-order valence-corrected chi connectivity index (χ1v) is 9.26. The number of ketones is 1. The molecule has 4 rings (SSSR count). The van der Waals surface area contributed by atoms with Crippen molar-refractivity contribution in [2.24, 2.45) is 0 Å². The summed E-state index contributed by atoms with van der Waals surface area (Å²) in [6, 6.07) is 15.3. The molecule has 0 N–H and O–H groups in total. The molecule has 0 saturated heterocycles. The SMILES string of the molecule is Cc1ccc(OCc2cccc(F)c2)c(C)c1C(=O)c1ccc2nccnc2c1. The van der Waals surface area contributed by atoms with Gasteiger partial charge in [-0.05, 0) is 61.4 Å². The van der Waals surface area contributed by atoms with Gasteiger partial charge in [-0.2, -0.15) is 0 Å². The topological polar surface area (TPSA) is 52.1 Å². The third kappa shape index (κ3) is 3.85. The number of hydrogen-bond donors (Lipinski definition) is 0. The zero-order valence-corrected chi connectivity index (χ0v) is 16.1. The molecule has 5 heteroatoms. The second kappa shape index (κ2) is 7.80. The molecule has 0 unspecified atom stereocenters. The van der Waals surface area contributed by atoms with Crippen LogP contribution in [0.1, 0.15) is 32.6 Å². The molecule has 1 aromatic heterocycles. The lowest BCUT2D eigenvalue weighted by atomic mass is 9.94. The zero-order valence-electron chi connectivity index (χ0n) is 16.1. The first kappa shape index (κ1) is 18.7. The summed E-state index contributed by atoms with van der Waals surface area (Å²) in [5, 5.41) is 0. The molecule has 0 aliphatic heterocycles. The lowest BCUT2D eigenvalue weighted by molar-refractivity contribution is 0.103. The van der Waals surface area contributed by atoms with Crippen LogP contribution in [-0.4, -0.2) is 15.8 Å². The molecule has 3 aromatic carbocycles. The van der Waals surface area contributed by atoms with Crippen molar-refractivity contribution in [1.82, 2.24) is 9.97 Å². The third-order valence-electron chi connectivity index (χ3n) is 4.87. The Morgan fingerprint density at radius 1 is 0.966 bits per heavy atom. The van der Waals surface area contributed by atoms with Gasteiger partial charge in [0.15, 0.2) is 5.78 Å². The second-order valence-electron chi connectivity index (χ2n) is 6.89. The Morgan fingerprint density at radius 3 is 2.55 bits per heavy atom. The summed E-state index contributed by atoms with van der Waals surface area (Å²) >= 11 is 0. The van der Waals surface area contributed by atoms with Crippen molar-refractivity contribution in [2.45, 2.75) is 20.5 Å². The van der Waals surface area contributed by atoms with Crippen molar-refractivity contribution in [3.8, 4) is 5.75 Å². The van der Waals surface area contributed by atoms with E-state index in [1.54, 1.807) is 42.7 Å². The quantitative estimate of drug-likeness (QED) is 0.443. The average Bonchev–Trinajstić information content (AvgIpc) is 2.73. The number of rotatable bonds is 5. The van der Waals surface area contributed by atoms with E-state index in [-0.39, 0.29) is 18.2 Å². The van der Waals surface area contributed by atoms with Crippen molar-refractivity contribution in [3.05, 3.63) is 101 Å². The molecule has 0 amide bonds. The molecule has 0 fully saturated rings. The molecule has 4 aromatic rings. The highest BCUT2D eigenvalue weighted by Crippen LogP contribution is 2.28. The van der Waals surface area contributed by atoms with E-state index in [2.05, 4.69) is 9.97 Å². The van der Waals surface area contributed by atoms with Gasteiger partial charge >= 0.3 is 0 Å². The van der Waals surface area contributed by atoms with E-state index in [4.69, 9.17) is 4.74 Å². The Bertz CT molecular complexity index is 1220. The predicted molar refractivity (Wildman–Crippen MR) is 110 cm³/mol. The summed E-state index contributed by atoms with van der Waals surface area (Å²) in [7, 11) is 0. The molecule has 0 aliphatic rings. The van der Waals surface area contributed by atoms with E-state index >= 15 is 0 Å². The van der Waals surface area contributed by atoms with Crippen molar-refractivity contribution in [3.63, 3.8) is 0 Å². The summed E-state index contributed by atoms with van der Waals surface area (Å²) in [5.41, 5.74) is 4.91. The van der Waals surface area contributed by atoms with E-state index in [9.17, 15) is 9.18 Å². The monoisotopic (exact) mass is 386 g/mol. The van der Waals surface area contributed by atoms with Crippen LogP contribution >= 0.6 is 0 Å². The van der Waals surface area contributed by atoms with Crippen LogP contribution in [0.25, 0.3) is 11.0 Å². The van der Waals surface area contributed by atoms with Crippen LogP contribution in [0.2, 0.25) is 0 Å². The van der Waals surface area contributed by atoms with Gasteiger partial charge in [-0.25, -0.2) is 4.39 Å². The first-order chi connectivity index (χ1) is 14.0. The maximum absolute atomic E-state index is 13.4. The Balaban J connectivity index is 1.65. The summed E-state index contributed by atoms with van der Waals surface area (Å²) < 4.78 is 19.3. The number of ether oxygens (including phenoxy) is 1. The molecule has 0 aliphatic carbocycles. The van der Waals surface area contributed by atoms with Crippen LogP contribution in [0.15, 0.2) is 67.0 Å². The highest BCUT2D eigenvalue weighted by molar-refractivity contribution is 6.12. The van der Waals surface area contributed by atoms with Crippen LogP contribution in [0.3, 0.4) is 0 Å². The van der Waals surface area contributed by atoms with Crippen molar-refractivity contribution in [1.29, 1.82) is 0 Å². The van der Waals surface area contributed by atoms with E-state index in [1.165, 1.54) is 12.1 Å². The number of fused-ring (bicyclic) bond motifs is 1. The standard InChI is InChI=1S/C24H19FN2O2/c1-15-6-9-22(29-14-17-4-3-5-19(25)12-17)16(2)23(15)24(28)18-7-8-20-21(13-18)27-11-10-26-20/h3-13H,14H2,1-2H3. The molecule has 0 saturated carbocycles. The lowest BCUT2D eigenvalue weighted by Gasteiger charge is -2.15. The maximum atomic E-state index is 13.4. The van der Waals surface area contributed by atoms with Crippen molar-refractivity contribution in [2.75, 3.05) is 0 Å². The number of benzene rings is 3. The molecular weight excluding hydrogens is 367 g/mol. The third-order valence-corrected chi connectivity index (χ3v) is 4.87. The Labute approximate surface area is 168 Å². The minimum absolute atomic E-state index is 0.0937. The fourth-order valence-electron chi connectivity index (χ4n) is 3.37. The fraction of sp³-hybridized carbons (Fsp3) is 0.125. The van der Waals surface area contributed by atoms with E-state index < -0.39 is 0 Å². The number of nitrogens with zero attached hydrogens (tertiary/aromatic N) is 2. The average molecular weight is 386 g/mol. The molecule has 4 nitrogen and oxygen atoms in total. The minimum atomic E-state index is -0.304. The summed E-state index contributed by atoms with van der Waals surface area (Å²) in [6.45, 7) is 3.99. The highest BCUT2D eigenvalue weighted by atomic mass is 19.1. The predicted octanol–water partition coefficient (Wildman–Crippen LogP) is 5.20. The van der Waals surface area contributed by atoms with E-state index in [1.807, 2.05) is 26.0 Å². The van der Waals surface area contributed by atoms with Gasteiger partial charge in [0, 0.05) is 29.1 Å². The lowest BCUT2D eigenvalue weighted by Crippen LogP contribution is -2.08. The van der Waals surface area contributed by atoms with Gasteiger partial charge in [-0.15, -0.1) is 0 Å². The number of carbonyl (C=O) groups excluding carboxylic acids is 1. The number of aryl methyl sites for hydroxylation is 1. The Hall–Kier alpha value is -3.60. The van der Waals surface area contributed by atoms with Crippen LogP contribution in [0, 0.1) is 19.7 Å². The summed E-state index contributed by atoms with van der Waals surface area (Å²) in [5.74, 6) is 0.203. The van der Waals surface area contributed by atoms with Crippen molar-refractivity contribution < 1.29 is 13.9 Å². The normalized spacial score (nSPS) is 10.9. The van der Waals surface area contributed by atoms with Gasteiger partial charge in [0.05, 0.1) is 11.0 Å². The summed E-state index contributed by atoms with van der Waals surface area (Å²) in [6.07, 6.45) is 3.23. The van der Waals surface area contributed by atoms with Gasteiger partial charge in [0.1, 0.15) is 18.2 Å². The number of aromatic nitrogens is 2. The number of carbonyl (C=O) groups is 1. The largest absolute Gasteiger partial charge is 0.489 e. The van der Waals surface area contributed by atoms with Gasteiger partial charge in [0.2, 0.25) is 0 Å². The van der Waals surface area contributed by atoms with Gasteiger partial charge in [-0.1, -0.05) is 18.2 Å². The second-order valence-corrected chi connectivity index (χ2v) is 6.89. The molecule has 0 spiro atoms. The van der Waals surface area contributed by atoms with E-state index in [0.29, 0.717) is 22.4 Å². The van der Waals surface area contributed by atoms with Gasteiger partial charge < -0.3 is 4.74 Å². The Kier molecular flexibility index (Phi) is 5.04. The molecule has 1 heterocycles. The molecule has 0 bridgehead atoms. The molecule has 29 heavy (non-hydrogen) atoms. The van der Waals surface area contributed by atoms with Gasteiger partial charge in [-0.3, -0.25) is 14.8 Å². The first-order valence-electron chi connectivity index (χ1n) is 9.26. The Morgan fingerprint density at radius 2 is 1.76 bits per heavy atom. The molecule has 144 valence electrons. The van der Waals surface area contributed by atoms with Crippen LogP contribution < -0.4 is 4.74 Å². The minimum Gasteiger partial charge on any atom is -0.489 e. The summed E-state index contributed by atoms with van der Waals surface area (Å²) in [4.78, 5) is 21.8. The van der Waals surface area contributed by atoms with Crippen molar-refractivity contribution >= 4 is 16.8 Å².